The van der Waals surface area contributed by atoms with Gasteiger partial charge in [-0.15, -0.1) is 0 Å². The molecule has 4 N–H and O–H groups in total. The van der Waals surface area contributed by atoms with Crippen molar-refractivity contribution in [2.75, 3.05) is 82.6 Å². The van der Waals surface area contributed by atoms with Gasteiger partial charge >= 0.3 is 6.18 Å². The van der Waals surface area contributed by atoms with Crippen molar-refractivity contribution in [1.82, 2.24) is 60.5 Å². The van der Waals surface area contributed by atoms with E-state index in [-0.39, 0.29) is 102 Å². The molecule has 10 rings (SSSR count). The topological polar surface area (TPSA) is 297 Å². The van der Waals surface area contributed by atoms with Crippen LogP contribution in [0.5, 0.6) is 0 Å². The van der Waals surface area contributed by atoms with Gasteiger partial charge in [-0.2, -0.15) is 13.2 Å². The zero-order valence-corrected chi connectivity index (χ0v) is 66.1. The smallest absolute Gasteiger partial charge is 0.381 e. The molecule has 602 valence electrons. The van der Waals surface area contributed by atoms with Gasteiger partial charge in [-0.3, -0.25) is 57.5 Å². The van der Waals surface area contributed by atoms with Gasteiger partial charge in [0, 0.05) is 76.0 Å². The van der Waals surface area contributed by atoms with Crippen LogP contribution in [0.3, 0.4) is 0 Å². The Hall–Kier alpha value is -6.91. The van der Waals surface area contributed by atoms with Crippen LogP contribution in [0.15, 0.2) is 12.2 Å². The lowest BCUT2D eigenvalue weighted by Gasteiger charge is -2.54. The van der Waals surface area contributed by atoms with Gasteiger partial charge < -0.3 is 69.9 Å². The number of carbonyl (C=O) groups is 12. The largest absolute Gasteiger partial charge is 0.394 e. The van der Waals surface area contributed by atoms with Crippen LogP contribution in [0.1, 0.15) is 208 Å². The van der Waals surface area contributed by atoms with Gasteiger partial charge in [0.05, 0.1) is 43.7 Å². The summed E-state index contributed by atoms with van der Waals surface area (Å²) in [6.45, 7) is 9.81. The van der Waals surface area contributed by atoms with Crippen molar-refractivity contribution in [1.29, 1.82) is 0 Å². The molecule has 6 heterocycles. The van der Waals surface area contributed by atoms with Gasteiger partial charge in [0.2, 0.25) is 70.9 Å². The first-order valence-corrected chi connectivity index (χ1v) is 39.6. The van der Waals surface area contributed by atoms with Crippen molar-refractivity contribution >= 4 is 70.9 Å². The van der Waals surface area contributed by atoms with Crippen molar-refractivity contribution in [2.45, 2.75) is 287 Å². The number of hydrogen-bond acceptors (Lipinski definition) is 14. The molecule has 0 aromatic rings. The van der Waals surface area contributed by atoms with Gasteiger partial charge in [-0.05, 0) is 132 Å². The highest BCUT2D eigenvalue weighted by molar-refractivity contribution is 6.01. The van der Waals surface area contributed by atoms with Gasteiger partial charge in [-0.1, -0.05) is 110 Å². The quantitative estimate of drug-likeness (QED) is 0.142. The Bertz CT molecular complexity index is 3200. The molecule has 0 radical (unpaired) electrons. The molecule has 10 aliphatic rings. The summed E-state index contributed by atoms with van der Waals surface area (Å²) >= 11 is 0. The average molecular weight is 1510 g/mol. The number of fused-ring (bicyclic) bond motifs is 22. The molecule has 9 fully saturated rings. The van der Waals surface area contributed by atoms with Crippen LogP contribution in [-0.4, -0.2) is 271 Å². The van der Waals surface area contributed by atoms with Crippen LogP contribution in [0.2, 0.25) is 0 Å². The predicted octanol–water partition coefficient (Wildman–Crippen LogP) is 6.12. The summed E-state index contributed by atoms with van der Waals surface area (Å²) < 4.78 is 54.8. The number of nitrogens with one attached hydrogen (secondary N) is 4. The fourth-order valence-electron chi connectivity index (χ4n) is 18.6. The minimum absolute atomic E-state index is 0.0107. The van der Waals surface area contributed by atoms with Crippen molar-refractivity contribution in [3.63, 3.8) is 0 Å². The van der Waals surface area contributed by atoms with Gasteiger partial charge in [0.1, 0.15) is 53.9 Å². The molecule has 6 aliphatic heterocycles. The maximum Gasteiger partial charge on any atom is 0.394 e. The minimum atomic E-state index is -4.52. The van der Waals surface area contributed by atoms with Gasteiger partial charge in [-0.25, -0.2) is 0 Å². The summed E-state index contributed by atoms with van der Waals surface area (Å²) in [5.41, 5.74) is -2.18. The number of hydrogen-bond donors (Lipinski definition) is 4. The summed E-state index contributed by atoms with van der Waals surface area (Å²) in [7, 11) is 11.5. The molecule has 29 heteroatoms. The molecule has 3 unspecified atom stereocenters. The van der Waals surface area contributed by atoms with Crippen molar-refractivity contribution in [3.05, 3.63) is 12.2 Å². The SMILES string of the molecule is CC[C@H](C)[C@@H]1NC(=O)[C@@H]2CCCCCC3CCC(CC3)C[C@@H](C(=O)NCC(=O)N[C@@H](CCC3CCC(C(F)(F)F)C(OC)C3)C(=O)N3C[C@H](OC(C)C)C[C@H]3C(=O)NC3(CC(C)(C)C3)C(=O)N(C)[C@@H](C3CCCC3)C(=O)N(C)[C@H](C(=O)N(C)C)CC(=O)N2C)N2CC/C=C\C[C@@H](C2=O)N(C)C(=O)CN(C)C1=O. The molecule has 107 heavy (non-hydrogen) atoms. The molecule has 0 aromatic carbocycles. The van der Waals surface area contributed by atoms with Crippen LogP contribution in [0.4, 0.5) is 13.2 Å². The molecule has 5 saturated heterocycles. The molecule has 0 aromatic heterocycles. The van der Waals surface area contributed by atoms with E-state index in [9.17, 15) is 32.3 Å². The van der Waals surface area contributed by atoms with E-state index in [1.54, 1.807) is 26.8 Å². The highest BCUT2D eigenvalue weighted by Gasteiger charge is 2.60. The van der Waals surface area contributed by atoms with Crippen LogP contribution in [0.25, 0.3) is 0 Å². The molecular weight excluding hydrogens is 1390 g/mol. The summed E-state index contributed by atoms with van der Waals surface area (Å²) in [4.78, 5) is 194. The highest BCUT2D eigenvalue weighted by atomic mass is 19.4. The standard InChI is InChI=1S/C78H125F3N12O14/c1-15-48(4)65-73(103)87(9)44-64(96)89(11)57-28-20-17-23-37-92(72(57)102)58-38-50-31-29-49(30-32-50)24-18-16-19-27-56(68(98)84-65)88(10)63(95)41-60(71(101)86(7)8)90(12)74(104)66(52-25-21-22-26-52)91(13)75(105)77(45-76(5,6)46-77)85-69(99)59-40-53(107-47(2)3)43-93(59)70(100)55(83-62(94)42-82-67(58)97)36-34-51-33-35-54(78(79,80)81)61(39-51)106-14/h17,20,47-61,65-66H,15-16,18-19,21-46H2,1-14H3,(H,82,97)(H,83,94)(H,84,98)(H,85,99)/b20-17-/t48-,49?,50?,51?,53+,54?,55-,56-,57-,58-,59-,60-,61?,65-,66-/m0/s1. The summed E-state index contributed by atoms with van der Waals surface area (Å²) in [6, 6.07) is -10.1. The Balaban J connectivity index is 1.24. The number of alkyl halides is 3. The molecule has 6 bridgehead atoms. The third-order valence-electron chi connectivity index (χ3n) is 24.9. The lowest BCUT2D eigenvalue weighted by Crippen LogP contribution is -2.71. The molecular formula is C78H125F3N12O14. The number of carbonyl (C=O) groups excluding carboxylic acids is 12. The fourth-order valence-corrected chi connectivity index (χ4v) is 18.6. The number of methoxy groups -OCH3 is 1. The van der Waals surface area contributed by atoms with Crippen molar-refractivity contribution < 1.29 is 80.2 Å². The first-order chi connectivity index (χ1) is 50.4. The van der Waals surface area contributed by atoms with Crippen molar-refractivity contribution in [3.8, 4) is 0 Å². The molecule has 26 nitrogen and oxygen atoms in total. The Morgan fingerprint density at radius 1 is 0.654 bits per heavy atom. The molecule has 1 spiro atoms. The van der Waals surface area contributed by atoms with Gasteiger partial charge in [0.15, 0.2) is 0 Å². The lowest BCUT2D eigenvalue weighted by atomic mass is 9.58. The monoisotopic (exact) mass is 1510 g/mol. The molecule has 4 aliphatic carbocycles. The number of ether oxygens (including phenoxy) is 2. The van der Waals surface area contributed by atoms with Crippen LogP contribution in [0, 0.1) is 40.9 Å². The number of amides is 12. The second-order valence-electron chi connectivity index (χ2n) is 33.9. The molecule has 12 amide bonds. The van der Waals surface area contributed by atoms with Crippen LogP contribution in [-0.2, 0) is 67.0 Å². The Morgan fingerprint density at radius 2 is 1.29 bits per heavy atom. The summed E-state index contributed by atoms with van der Waals surface area (Å²) in [5, 5.41) is 11.8. The van der Waals surface area contributed by atoms with E-state index in [1.165, 1.54) is 95.6 Å². The first-order valence-electron chi connectivity index (χ1n) is 39.6. The maximum atomic E-state index is 15.9. The van der Waals surface area contributed by atoms with Crippen LogP contribution < -0.4 is 21.3 Å². The number of rotatable bonds is 10. The zero-order valence-electron chi connectivity index (χ0n) is 66.1. The van der Waals surface area contributed by atoms with Gasteiger partial charge in [0.25, 0.3) is 0 Å². The summed E-state index contributed by atoms with van der Waals surface area (Å²) in [6.07, 6.45) is 5.90. The normalized spacial score (nSPS) is 32.5. The third kappa shape index (κ3) is 21.2. The van der Waals surface area contributed by atoms with Crippen LogP contribution >= 0.6 is 0 Å². The lowest BCUT2D eigenvalue weighted by molar-refractivity contribution is -0.215. The highest BCUT2D eigenvalue weighted by Crippen LogP contribution is 2.50. The third-order valence-corrected chi connectivity index (χ3v) is 24.9. The fraction of sp³-hybridized carbons (Fsp3) is 0.821. The second kappa shape index (κ2) is 37.2. The first kappa shape index (κ1) is 85.7. The maximum absolute atomic E-state index is 15.9. The predicted molar refractivity (Wildman–Crippen MR) is 393 cm³/mol. The van der Waals surface area contributed by atoms with E-state index in [0.717, 1.165) is 38.5 Å². The van der Waals surface area contributed by atoms with E-state index in [0.29, 0.717) is 57.3 Å². The van der Waals surface area contributed by atoms with E-state index in [2.05, 4.69) is 21.3 Å². The number of halogens is 3. The van der Waals surface area contributed by atoms with Crippen molar-refractivity contribution in [2.24, 2.45) is 40.9 Å². The Kier molecular flexibility index (Phi) is 29.8. The number of nitrogens with zero attached hydrogens (tertiary/aromatic N) is 8. The Morgan fingerprint density at radius 3 is 1.92 bits per heavy atom. The van der Waals surface area contributed by atoms with E-state index >= 15 is 38.4 Å². The van der Waals surface area contributed by atoms with E-state index in [1.807, 2.05) is 26.8 Å². The zero-order chi connectivity index (χ0) is 78.7. The van der Waals surface area contributed by atoms with E-state index in [4.69, 9.17) is 9.47 Å². The van der Waals surface area contributed by atoms with E-state index < -0.39 is 186 Å². The average Bonchev–Trinajstić information content (AvgIpc) is 1.58. The number of likely N-dealkylation sites (N-methyl/N-ethyl adjacent to an activating group) is 6. The minimum Gasteiger partial charge on any atom is -0.381 e. The molecule has 13 atom stereocenters. The Labute approximate surface area is 631 Å². The second-order valence-corrected chi connectivity index (χ2v) is 33.9. The summed E-state index contributed by atoms with van der Waals surface area (Å²) in [5.74, 6) is -10.6. The molecule has 4 saturated carbocycles.